The third kappa shape index (κ3) is 1.67. The Kier molecular flexibility index (Phi) is 2.18. The molecule has 0 radical (unpaired) electrons. The molecule has 1 aromatic heterocycles. The van der Waals surface area contributed by atoms with Crippen LogP contribution in [-0.4, -0.2) is 15.9 Å². The van der Waals surface area contributed by atoms with Crippen molar-refractivity contribution in [1.82, 2.24) is 9.36 Å². The number of nitrogens with one attached hydrogen (secondary N) is 1. The van der Waals surface area contributed by atoms with Crippen LogP contribution in [0.2, 0.25) is 0 Å². The number of aromatic nitrogens is 2. The zero-order valence-corrected chi connectivity index (χ0v) is 6.27. The average Bonchev–Trinajstić information content (AvgIpc) is 2.31. The fourth-order valence-electron chi connectivity index (χ4n) is 0.484. The van der Waals surface area contributed by atoms with Gasteiger partial charge in [0.1, 0.15) is 12.4 Å². The summed E-state index contributed by atoms with van der Waals surface area (Å²) in [6.45, 7) is 2.10. The summed E-state index contributed by atoms with van der Waals surface area (Å²) in [7, 11) is 0. The average molecular weight is 154 g/mol. The second-order valence-corrected chi connectivity index (χ2v) is 2.41. The van der Waals surface area contributed by atoms with Gasteiger partial charge in [-0.3, -0.25) is 0 Å². The highest BCUT2D eigenvalue weighted by Crippen LogP contribution is 2.08. The summed E-state index contributed by atoms with van der Waals surface area (Å²) in [5, 5.41) is 11.7. The number of anilines is 1. The first kappa shape index (κ1) is 6.96. The number of rotatable bonds is 2. The van der Waals surface area contributed by atoms with Crippen molar-refractivity contribution < 1.29 is 0 Å². The van der Waals surface area contributed by atoms with Gasteiger partial charge in [0, 0.05) is 11.5 Å². The lowest BCUT2D eigenvalue weighted by Crippen LogP contribution is -1.96. The Morgan fingerprint density at radius 1 is 1.80 bits per heavy atom. The molecule has 1 aromatic rings. The highest BCUT2D eigenvalue weighted by molar-refractivity contribution is 7.09. The van der Waals surface area contributed by atoms with Crippen LogP contribution in [0, 0.1) is 18.3 Å². The third-order valence-corrected chi connectivity index (χ3v) is 1.61. The van der Waals surface area contributed by atoms with E-state index in [-0.39, 0.29) is 6.54 Å². The van der Waals surface area contributed by atoms with E-state index in [1.54, 1.807) is 0 Å². The molecule has 0 aliphatic rings. The Morgan fingerprint density at radius 2 is 2.60 bits per heavy atom. The molecule has 1 rings (SSSR count). The summed E-state index contributed by atoms with van der Waals surface area (Å²) in [6, 6.07) is 1.95. The van der Waals surface area contributed by atoms with Crippen molar-refractivity contribution in [3.63, 3.8) is 0 Å². The molecule has 0 aromatic carbocycles. The molecule has 0 amide bonds. The van der Waals surface area contributed by atoms with Gasteiger partial charge < -0.3 is 5.32 Å². The first-order chi connectivity index (χ1) is 4.83. The van der Waals surface area contributed by atoms with Crippen LogP contribution in [-0.2, 0) is 0 Å². The molecular formula is C5H6N4S. The summed E-state index contributed by atoms with van der Waals surface area (Å²) in [6.07, 6.45) is 0. The molecule has 1 N–H and O–H groups in total. The maximum absolute atomic E-state index is 8.18. The van der Waals surface area contributed by atoms with Crippen LogP contribution in [0.1, 0.15) is 5.82 Å². The summed E-state index contributed by atoms with van der Waals surface area (Å²) in [4.78, 5) is 3.99. The highest BCUT2D eigenvalue weighted by Gasteiger charge is 1.95. The van der Waals surface area contributed by atoms with E-state index in [2.05, 4.69) is 14.7 Å². The maximum Gasteiger partial charge on any atom is 0.203 e. The van der Waals surface area contributed by atoms with Gasteiger partial charge in [-0.2, -0.15) is 9.64 Å². The first-order valence-electron chi connectivity index (χ1n) is 2.74. The Labute approximate surface area is 62.7 Å². The van der Waals surface area contributed by atoms with Crippen molar-refractivity contribution >= 4 is 16.7 Å². The molecule has 0 atom stereocenters. The van der Waals surface area contributed by atoms with Crippen LogP contribution in [0.15, 0.2) is 0 Å². The molecule has 0 saturated heterocycles. The van der Waals surface area contributed by atoms with Gasteiger partial charge in [-0.1, -0.05) is 0 Å². The van der Waals surface area contributed by atoms with Crippen LogP contribution in [0.25, 0.3) is 0 Å². The molecule has 0 bridgehead atoms. The number of hydrogen-bond acceptors (Lipinski definition) is 5. The Morgan fingerprint density at radius 3 is 3.10 bits per heavy atom. The fourth-order valence-corrected chi connectivity index (χ4v) is 1.05. The van der Waals surface area contributed by atoms with E-state index in [0.717, 1.165) is 5.82 Å². The molecule has 10 heavy (non-hydrogen) atoms. The Bertz CT molecular complexity index is 248. The van der Waals surface area contributed by atoms with E-state index in [1.165, 1.54) is 11.5 Å². The van der Waals surface area contributed by atoms with Crippen molar-refractivity contribution in [3.05, 3.63) is 5.82 Å². The number of nitriles is 1. The van der Waals surface area contributed by atoms with E-state index in [0.29, 0.717) is 5.13 Å². The second kappa shape index (κ2) is 3.13. The lowest BCUT2D eigenvalue weighted by molar-refractivity contribution is 1.15. The predicted octanol–water partition coefficient (Wildman–Crippen LogP) is 0.782. The van der Waals surface area contributed by atoms with E-state index in [4.69, 9.17) is 5.26 Å². The standard InChI is InChI=1S/C5H6N4S/c1-4-8-5(10-9-4)7-3-2-6/h3H2,1H3,(H,7,8,9). The SMILES string of the molecule is Cc1nsc(NCC#N)n1. The Hall–Kier alpha value is -1.15. The minimum atomic E-state index is 0.286. The smallest absolute Gasteiger partial charge is 0.203 e. The van der Waals surface area contributed by atoms with Gasteiger partial charge in [0.15, 0.2) is 0 Å². The molecular weight excluding hydrogens is 148 g/mol. The normalized spacial score (nSPS) is 8.80. The lowest BCUT2D eigenvalue weighted by atomic mass is 10.7. The van der Waals surface area contributed by atoms with E-state index < -0.39 is 0 Å². The molecule has 5 heteroatoms. The highest BCUT2D eigenvalue weighted by atomic mass is 32.1. The van der Waals surface area contributed by atoms with Gasteiger partial charge in [-0.15, -0.1) is 0 Å². The number of nitrogens with zero attached hydrogens (tertiary/aromatic N) is 3. The minimum Gasteiger partial charge on any atom is -0.347 e. The topological polar surface area (TPSA) is 61.6 Å². The van der Waals surface area contributed by atoms with E-state index in [1.807, 2.05) is 13.0 Å². The molecule has 0 unspecified atom stereocenters. The van der Waals surface area contributed by atoms with E-state index >= 15 is 0 Å². The molecule has 0 spiro atoms. The van der Waals surface area contributed by atoms with Crippen LogP contribution >= 0.6 is 11.5 Å². The van der Waals surface area contributed by atoms with Gasteiger partial charge in [0.2, 0.25) is 5.13 Å². The lowest BCUT2D eigenvalue weighted by Gasteiger charge is -1.89. The fraction of sp³-hybridized carbons (Fsp3) is 0.400. The quantitative estimate of drug-likeness (QED) is 0.639. The molecule has 0 aliphatic carbocycles. The van der Waals surface area contributed by atoms with Gasteiger partial charge >= 0.3 is 0 Å². The van der Waals surface area contributed by atoms with Crippen molar-refractivity contribution in [2.45, 2.75) is 6.92 Å². The van der Waals surface area contributed by atoms with Gasteiger partial charge in [-0.05, 0) is 6.92 Å². The second-order valence-electron chi connectivity index (χ2n) is 1.66. The Balaban J connectivity index is 2.52. The van der Waals surface area contributed by atoms with E-state index in [9.17, 15) is 0 Å². The van der Waals surface area contributed by atoms with Crippen molar-refractivity contribution in [1.29, 1.82) is 5.26 Å². The van der Waals surface area contributed by atoms with Crippen LogP contribution in [0.3, 0.4) is 0 Å². The number of aryl methyl sites for hydroxylation is 1. The van der Waals surface area contributed by atoms with Crippen molar-refractivity contribution in [3.8, 4) is 6.07 Å². The van der Waals surface area contributed by atoms with Crippen molar-refractivity contribution in [2.24, 2.45) is 0 Å². The van der Waals surface area contributed by atoms with Crippen LogP contribution < -0.4 is 5.32 Å². The van der Waals surface area contributed by atoms with Crippen LogP contribution in [0.4, 0.5) is 5.13 Å². The molecule has 1 heterocycles. The number of hydrogen-bond donors (Lipinski definition) is 1. The summed E-state index contributed by atoms with van der Waals surface area (Å²) in [5.41, 5.74) is 0. The van der Waals surface area contributed by atoms with Gasteiger partial charge in [-0.25, -0.2) is 4.98 Å². The molecule has 4 nitrogen and oxygen atoms in total. The van der Waals surface area contributed by atoms with Gasteiger partial charge in [0.05, 0.1) is 6.07 Å². The largest absolute Gasteiger partial charge is 0.347 e. The zero-order chi connectivity index (χ0) is 7.40. The predicted molar refractivity (Wildman–Crippen MR) is 38.7 cm³/mol. The molecule has 0 aliphatic heterocycles. The zero-order valence-electron chi connectivity index (χ0n) is 5.46. The maximum atomic E-state index is 8.18. The molecule has 0 fully saturated rings. The van der Waals surface area contributed by atoms with Crippen molar-refractivity contribution in [2.75, 3.05) is 11.9 Å². The van der Waals surface area contributed by atoms with Crippen LogP contribution in [0.5, 0.6) is 0 Å². The molecule has 52 valence electrons. The molecule has 0 saturated carbocycles. The summed E-state index contributed by atoms with van der Waals surface area (Å²) < 4.78 is 3.93. The monoisotopic (exact) mass is 154 g/mol. The summed E-state index contributed by atoms with van der Waals surface area (Å²) in [5.74, 6) is 0.741. The van der Waals surface area contributed by atoms with Gasteiger partial charge in [0.25, 0.3) is 0 Å². The minimum absolute atomic E-state index is 0.286. The third-order valence-electron chi connectivity index (χ3n) is 0.846. The summed E-state index contributed by atoms with van der Waals surface area (Å²) >= 11 is 1.27. The first-order valence-corrected chi connectivity index (χ1v) is 3.51.